The number of hydrogen-bond donors (Lipinski definition) is 2. The minimum absolute atomic E-state index is 0.240. The van der Waals surface area contributed by atoms with Gasteiger partial charge in [-0.25, -0.2) is 0 Å². The summed E-state index contributed by atoms with van der Waals surface area (Å²) >= 11 is 0. The Morgan fingerprint density at radius 3 is 2.75 bits per heavy atom. The summed E-state index contributed by atoms with van der Waals surface area (Å²) in [6.07, 6.45) is -4.73. The van der Waals surface area contributed by atoms with Crippen LogP contribution in [0.2, 0.25) is 0 Å². The van der Waals surface area contributed by atoms with E-state index in [1.54, 1.807) is 6.07 Å². The molecule has 1 aromatic rings. The number of methoxy groups -OCH3 is 1. The topological polar surface area (TPSA) is 50.7 Å². The summed E-state index contributed by atoms with van der Waals surface area (Å²) < 4.78 is 44.8. The molecule has 7 heteroatoms. The lowest BCUT2D eigenvalue weighted by Gasteiger charge is -2.12. The Labute approximate surface area is 115 Å². The highest BCUT2D eigenvalue weighted by Crippen LogP contribution is 2.23. The lowest BCUT2D eigenvalue weighted by atomic mass is 10.2. The fourth-order valence-electron chi connectivity index (χ4n) is 1.63. The van der Waals surface area contributed by atoms with Crippen LogP contribution in [0.5, 0.6) is 5.75 Å². The molecular weight excluding hydrogens is 275 g/mol. The first kappa shape index (κ1) is 16.7. The van der Waals surface area contributed by atoms with Gasteiger partial charge in [0.25, 0.3) is 0 Å². The van der Waals surface area contributed by atoms with Gasteiger partial charge in [0.1, 0.15) is 5.75 Å². The molecule has 0 heterocycles. The average Bonchev–Trinajstić information content (AvgIpc) is 2.33. The monoisotopic (exact) mass is 293 g/mol. The van der Waals surface area contributed by atoms with E-state index in [4.69, 9.17) is 4.74 Å². The van der Waals surface area contributed by atoms with Crippen LogP contribution < -0.4 is 10.1 Å². The van der Waals surface area contributed by atoms with E-state index in [0.29, 0.717) is 25.1 Å². The summed E-state index contributed by atoms with van der Waals surface area (Å²) in [7, 11) is 1.50. The van der Waals surface area contributed by atoms with Gasteiger partial charge in [-0.2, -0.15) is 0 Å². The minimum atomic E-state index is -4.68. The van der Waals surface area contributed by atoms with Crippen LogP contribution in [0.25, 0.3) is 0 Å². The van der Waals surface area contributed by atoms with Gasteiger partial charge >= 0.3 is 6.36 Å². The quantitative estimate of drug-likeness (QED) is 0.721. The summed E-state index contributed by atoms with van der Waals surface area (Å²) in [4.78, 5) is 0. The SMILES string of the molecule is COCC(O)CCNCc1cccc(OC(F)(F)F)c1. The van der Waals surface area contributed by atoms with Gasteiger partial charge in [0.2, 0.25) is 0 Å². The molecule has 0 saturated carbocycles. The first-order chi connectivity index (χ1) is 9.40. The number of halogens is 3. The highest BCUT2D eigenvalue weighted by atomic mass is 19.4. The third kappa shape index (κ3) is 7.32. The highest BCUT2D eigenvalue weighted by molar-refractivity contribution is 5.28. The maximum Gasteiger partial charge on any atom is 0.573 e. The molecule has 20 heavy (non-hydrogen) atoms. The lowest BCUT2D eigenvalue weighted by Crippen LogP contribution is -2.23. The van der Waals surface area contributed by atoms with Crippen molar-refractivity contribution in [1.82, 2.24) is 5.32 Å². The first-order valence-electron chi connectivity index (χ1n) is 6.13. The van der Waals surface area contributed by atoms with Gasteiger partial charge in [-0.15, -0.1) is 13.2 Å². The van der Waals surface area contributed by atoms with Crippen LogP contribution in [0.4, 0.5) is 13.2 Å². The fraction of sp³-hybridized carbons (Fsp3) is 0.538. The standard InChI is InChI=1S/C13H18F3NO3/c1-19-9-11(18)5-6-17-8-10-3-2-4-12(7-10)20-13(14,15)16/h2-4,7,11,17-18H,5-6,8-9H2,1H3. The highest BCUT2D eigenvalue weighted by Gasteiger charge is 2.31. The molecule has 0 saturated heterocycles. The second kappa shape index (κ2) is 8.08. The van der Waals surface area contributed by atoms with E-state index < -0.39 is 12.5 Å². The Morgan fingerprint density at radius 2 is 2.10 bits per heavy atom. The van der Waals surface area contributed by atoms with E-state index in [1.165, 1.54) is 25.3 Å². The molecule has 2 N–H and O–H groups in total. The van der Waals surface area contributed by atoms with Crippen molar-refractivity contribution < 1.29 is 27.8 Å². The Hall–Kier alpha value is -1.31. The Morgan fingerprint density at radius 1 is 1.35 bits per heavy atom. The summed E-state index contributed by atoms with van der Waals surface area (Å²) in [5.74, 6) is -0.240. The Balaban J connectivity index is 2.35. The minimum Gasteiger partial charge on any atom is -0.406 e. The molecule has 1 rings (SSSR count). The van der Waals surface area contributed by atoms with Gasteiger partial charge < -0.3 is 19.9 Å². The summed E-state index contributed by atoms with van der Waals surface area (Å²) in [5.41, 5.74) is 0.674. The predicted molar refractivity (Wildman–Crippen MR) is 67.3 cm³/mol. The van der Waals surface area contributed by atoms with E-state index in [0.717, 1.165) is 0 Å². The molecule has 0 radical (unpaired) electrons. The number of alkyl halides is 3. The van der Waals surface area contributed by atoms with E-state index >= 15 is 0 Å². The molecule has 0 aliphatic heterocycles. The second-order valence-corrected chi connectivity index (χ2v) is 4.27. The molecule has 1 unspecified atom stereocenters. The molecular formula is C13H18F3NO3. The van der Waals surface area contributed by atoms with Crippen molar-refractivity contribution >= 4 is 0 Å². The molecule has 1 aromatic carbocycles. The number of hydrogen-bond acceptors (Lipinski definition) is 4. The Bertz CT molecular complexity index is 399. The number of benzene rings is 1. The third-order valence-corrected chi connectivity index (χ3v) is 2.47. The van der Waals surface area contributed by atoms with Crippen molar-refractivity contribution in [3.8, 4) is 5.75 Å². The first-order valence-corrected chi connectivity index (χ1v) is 6.13. The largest absolute Gasteiger partial charge is 0.573 e. The number of ether oxygens (including phenoxy) is 2. The number of aliphatic hydroxyl groups excluding tert-OH is 1. The third-order valence-electron chi connectivity index (χ3n) is 2.47. The maximum atomic E-state index is 12.1. The van der Waals surface area contributed by atoms with Gasteiger partial charge in [-0.05, 0) is 30.7 Å². The van der Waals surface area contributed by atoms with Gasteiger partial charge in [-0.3, -0.25) is 0 Å². The van der Waals surface area contributed by atoms with Crippen LogP contribution in [0.15, 0.2) is 24.3 Å². The zero-order chi connectivity index (χ0) is 15.0. The van der Waals surface area contributed by atoms with E-state index in [2.05, 4.69) is 10.1 Å². The zero-order valence-corrected chi connectivity index (χ0v) is 11.1. The molecule has 0 aliphatic carbocycles. The molecule has 0 amide bonds. The van der Waals surface area contributed by atoms with Crippen LogP contribution in [0.3, 0.4) is 0 Å². The molecule has 0 spiro atoms. The average molecular weight is 293 g/mol. The Kier molecular flexibility index (Phi) is 6.77. The lowest BCUT2D eigenvalue weighted by molar-refractivity contribution is -0.274. The van der Waals surface area contributed by atoms with Gasteiger partial charge in [0.05, 0.1) is 12.7 Å². The molecule has 0 aromatic heterocycles. The van der Waals surface area contributed by atoms with Crippen LogP contribution in [-0.2, 0) is 11.3 Å². The number of rotatable bonds is 8. The van der Waals surface area contributed by atoms with Gasteiger partial charge in [0.15, 0.2) is 0 Å². The van der Waals surface area contributed by atoms with Crippen molar-refractivity contribution in [3.05, 3.63) is 29.8 Å². The molecule has 0 aliphatic rings. The van der Waals surface area contributed by atoms with Crippen LogP contribution in [-0.4, -0.2) is 37.8 Å². The van der Waals surface area contributed by atoms with Gasteiger partial charge in [-0.1, -0.05) is 12.1 Å². The zero-order valence-electron chi connectivity index (χ0n) is 11.1. The smallest absolute Gasteiger partial charge is 0.406 e. The van der Waals surface area contributed by atoms with Crippen molar-refractivity contribution in [2.75, 3.05) is 20.3 Å². The molecule has 4 nitrogen and oxygen atoms in total. The van der Waals surface area contributed by atoms with Crippen LogP contribution >= 0.6 is 0 Å². The second-order valence-electron chi connectivity index (χ2n) is 4.27. The van der Waals surface area contributed by atoms with Crippen LogP contribution in [0, 0.1) is 0 Å². The fourth-order valence-corrected chi connectivity index (χ4v) is 1.63. The predicted octanol–water partition coefficient (Wildman–Crippen LogP) is 2.07. The normalized spacial score (nSPS) is 13.2. The van der Waals surface area contributed by atoms with Crippen molar-refractivity contribution in [1.29, 1.82) is 0 Å². The number of aliphatic hydroxyl groups is 1. The van der Waals surface area contributed by atoms with Crippen molar-refractivity contribution in [2.45, 2.75) is 25.4 Å². The molecule has 0 bridgehead atoms. The maximum absolute atomic E-state index is 12.1. The van der Waals surface area contributed by atoms with E-state index in [1.807, 2.05) is 0 Å². The summed E-state index contributed by atoms with van der Waals surface area (Å²) in [6, 6.07) is 5.77. The molecule has 0 fully saturated rings. The summed E-state index contributed by atoms with van der Waals surface area (Å²) in [5, 5.41) is 12.4. The van der Waals surface area contributed by atoms with E-state index in [9.17, 15) is 18.3 Å². The molecule has 1 atom stereocenters. The van der Waals surface area contributed by atoms with Crippen molar-refractivity contribution in [3.63, 3.8) is 0 Å². The van der Waals surface area contributed by atoms with Crippen molar-refractivity contribution in [2.24, 2.45) is 0 Å². The summed E-state index contributed by atoms with van der Waals surface area (Å²) in [6.45, 7) is 1.19. The van der Waals surface area contributed by atoms with Crippen LogP contribution in [0.1, 0.15) is 12.0 Å². The van der Waals surface area contributed by atoms with E-state index in [-0.39, 0.29) is 12.4 Å². The van der Waals surface area contributed by atoms with Gasteiger partial charge in [0, 0.05) is 13.7 Å². The number of nitrogens with one attached hydrogen (secondary N) is 1. The molecule has 114 valence electrons.